The smallest absolute Gasteiger partial charge is 0.406 e. The lowest BCUT2D eigenvalue weighted by atomic mass is 10.1. The Hall–Kier alpha value is -3.39. The number of alkyl halides is 3. The topological polar surface area (TPSA) is 121 Å². The van der Waals surface area contributed by atoms with E-state index in [1.165, 1.54) is 42.4 Å². The fourth-order valence-corrected chi connectivity index (χ4v) is 4.32. The number of pyridine rings is 1. The van der Waals surface area contributed by atoms with Crippen molar-refractivity contribution < 1.29 is 35.9 Å². The Balaban J connectivity index is 1.68. The molecule has 4 rings (SSSR count). The van der Waals surface area contributed by atoms with E-state index in [9.17, 15) is 31.2 Å². The van der Waals surface area contributed by atoms with Gasteiger partial charge in [-0.2, -0.15) is 8.42 Å². The van der Waals surface area contributed by atoms with E-state index in [0.29, 0.717) is 6.42 Å². The molecule has 0 radical (unpaired) electrons. The standard InChI is InChI=1S/C19H18F3N5O5S/c1-11-10-18(11)16(28)26(12-3-5-14(6-4-12)32-19(20,21)22)17(29)27(18)13-7-8-24-15(9-13)25-33(30,31)23-2/h3-9,11,23H,10H2,1-2H3,(H,24,25). The monoisotopic (exact) mass is 485 g/mol. The molecule has 33 heavy (non-hydrogen) atoms. The second-order valence-corrected chi connectivity index (χ2v) is 9.16. The molecule has 2 unspecified atom stereocenters. The molecule has 10 nitrogen and oxygen atoms in total. The number of urea groups is 1. The summed E-state index contributed by atoms with van der Waals surface area (Å²) >= 11 is 0. The molecule has 176 valence electrons. The molecule has 1 aromatic heterocycles. The van der Waals surface area contributed by atoms with Crippen LogP contribution in [0.2, 0.25) is 0 Å². The quantitative estimate of drug-likeness (QED) is 0.607. The summed E-state index contributed by atoms with van der Waals surface area (Å²) in [6, 6.07) is 6.43. The minimum atomic E-state index is -4.88. The van der Waals surface area contributed by atoms with Crippen LogP contribution in [-0.4, -0.2) is 44.3 Å². The van der Waals surface area contributed by atoms with E-state index in [1.54, 1.807) is 6.92 Å². The summed E-state index contributed by atoms with van der Waals surface area (Å²) in [6.07, 6.45) is -3.23. The molecule has 0 bridgehead atoms. The molecule has 1 aliphatic carbocycles. The minimum Gasteiger partial charge on any atom is -0.406 e. The summed E-state index contributed by atoms with van der Waals surface area (Å²) in [5, 5.41) is 0. The molecule has 1 aliphatic heterocycles. The normalized spacial score (nSPS) is 22.8. The van der Waals surface area contributed by atoms with Crippen LogP contribution in [0, 0.1) is 5.92 Å². The molecule has 2 atom stereocenters. The van der Waals surface area contributed by atoms with Crippen molar-refractivity contribution in [1.29, 1.82) is 0 Å². The van der Waals surface area contributed by atoms with Gasteiger partial charge in [-0.3, -0.25) is 14.4 Å². The molecule has 1 saturated carbocycles. The van der Waals surface area contributed by atoms with Crippen molar-refractivity contribution in [2.75, 3.05) is 21.6 Å². The van der Waals surface area contributed by atoms with Crippen molar-refractivity contribution in [2.24, 2.45) is 5.92 Å². The van der Waals surface area contributed by atoms with Crippen molar-refractivity contribution in [3.63, 3.8) is 0 Å². The zero-order chi connectivity index (χ0) is 24.2. The van der Waals surface area contributed by atoms with Crippen LogP contribution in [0.4, 0.5) is 35.2 Å². The first kappa shape index (κ1) is 22.8. The van der Waals surface area contributed by atoms with Crippen LogP contribution in [0.1, 0.15) is 13.3 Å². The number of ether oxygens (including phenoxy) is 1. The van der Waals surface area contributed by atoms with E-state index in [2.05, 4.69) is 19.2 Å². The Labute approximate surface area is 186 Å². The number of nitrogens with one attached hydrogen (secondary N) is 2. The highest BCUT2D eigenvalue weighted by Crippen LogP contribution is 2.55. The Kier molecular flexibility index (Phi) is 5.24. The van der Waals surface area contributed by atoms with Crippen LogP contribution < -0.4 is 24.0 Å². The van der Waals surface area contributed by atoms with E-state index < -0.39 is 39.8 Å². The van der Waals surface area contributed by atoms with Crippen LogP contribution in [0.25, 0.3) is 0 Å². The van der Waals surface area contributed by atoms with Crippen LogP contribution in [-0.2, 0) is 15.0 Å². The van der Waals surface area contributed by atoms with Gasteiger partial charge in [-0.15, -0.1) is 13.2 Å². The zero-order valence-electron chi connectivity index (χ0n) is 17.3. The summed E-state index contributed by atoms with van der Waals surface area (Å²) in [5.74, 6) is -1.29. The molecule has 2 aliphatic rings. The largest absolute Gasteiger partial charge is 0.573 e. The van der Waals surface area contributed by atoms with Gasteiger partial charge >= 0.3 is 12.4 Å². The van der Waals surface area contributed by atoms with Crippen LogP contribution in [0.15, 0.2) is 42.6 Å². The third-order valence-corrected chi connectivity index (χ3v) is 6.48. The average Bonchev–Trinajstić information content (AvgIpc) is 3.33. The SMILES string of the molecule is CNS(=O)(=O)Nc1cc(N2C(=O)N(c3ccc(OC(F)(F)F)cc3)C(=O)C23CC3C)ccn1. The van der Waals surface area contributed by atoms with Gasteiger partial charge in [0.05, 0.1) is 11.4 Å². The molecule has 3 amide bonds. The van der Waals surface area contributed by atoms with Gasteiger partial charge < -0.3 is 4.74 Å². The lowest BCUT2D eigenvalue weighted by molar-refractivity contribution is -0.274. The molecule has 2 heterocycles. The fraction of sp³-hybridized carbons (Fsp3) is 0.316. The summed E-state index contributed by atoms with van der Waals surface area (Å²) in [4.78, 5) is 32.7. The van der Waals surface area contributed by atoms with E-state index >= 15 is 0 Å². The fourth-order valence-electron chi connectivity index (χ4n) is 3.83. The predicted molar refractivity (Wildman–Crippen MR) is 111 cm³/mol. The third-order valence-electron chi connectivity index (χ3n) is 5.47. The van der Waals surface area contributed by atoms with E-state index in [4.69, 9.17) is 0 Å². The van der Waals surface area contributed by atoms with Gasteiger partial charge in [0.2, 0.25) is 0 Å². The van der Waals surface area contributed by atoms with Gasteiger partial charge in [-0.05, 0) is 42.7 Å². The molecular formula is C19H18F3N5O5S. The van der Waals surface area contributed by atoms with Gasteiger partial charge in [0, 0.05) is 19.3 Å². The second kappa shape index (κ2) is 7.59. The van der Waals surface area contributed by atoms with Gasteiger partial charge in [-0.1, -0.05) is 6.92 Å². The number of rotatable bonds is 6. The Morgan fingerprint density at radius 1 is 1.15 bits per heavy atom. The van der Waals surface area contributed by atoms with E-state index in [1.807, 2.05) is 0 Å². The van der Waals surface area contributed by atoms with E-state index in [-0.39, 0.29) is 23.1 Å². The maximum Gasteiger partial charge on any atom is 0.573 e. The number of hydrogen-bond acceptors (Lipinski definition) is 6. The van der Waals surface area contributed by atoms with Crippen molar-refractivity contribution in [1.82, 2.24) is 9.71 Å². The van der Waals surface area contributed by atoms with Crippen molar-refractivity contribution in [3.8, 4) is 5.75 Å². The Morgan fingerprint density at radius 3 is 2.33 bits per heavy atom. The number of carbonyl (C=O) groups excluding carboxylic acids is 2. The van der Waals surface area contributed by atoms with Crippen molar-refractivity contribution >= 4 is 39.3 Å². The molecule has 2 aromatic rings. The Bertz CT molecular complexity index is 1220. The van der Waals surface area contributed by atoms with E-state index in [0.717, 1.165) is 17.0 Å². The van der Waals surface area contributed by atoms with Crippen molar-refractivity contribution in [3.05, 3.63) is 42.6 Å². The first-order chi connectivity index (χ1) is 15.4. The van der Waals surface area contributed by atoms with Gasteiger partial charge in [-0.25, -0.2) is 19.4 Å². The summed E-state index contributed by atoms with van der Waals surface area (Å²) in [5.41, 5.74) is -0.870. The summed E-state index contributed by atoms with van der Waals surface area (Å²) < 4.78 is 68.9. The number of aromatic nitrogens is 1. The highest BCUT2D eigenvalue weighted by molar-refractivity contribution is 7.90. The number of carbonyl (C=O) groups is 2. The van der Waals surface area contributed by atoms with Crippen LogP contribution in [0.3, 0.4) is 0 Å². The molecule has 1 saturated heterocycles. The maximum atomic E-state index is 13.3. The minimum absolute atomic E-state index is 0.0716. The Morgan fingerprint density at radius 2 is 1.79 bits per heavy atom. The number of benzene rings is 1. The summed E-state index contributed by atoms with van der Waals surface area (Å²) in [7, 11) is -2.66. The maximum absolute atomic E-state index is 13.3. The van der Waals surface area contributed by atoms with Crippen LogP contribution >= 0.6 is 0 Å². The highest BCUT2D eigenvalue weighted by Gasteiger charge is 2.70. The predicted octanol–water partition coefficient (Wildman–Crippen LogP) is 2.61. The number of amides is 3. The molecule has 2 fully saturated rings. The number of anilines is 3. The van der Waals surface area contributed by atoms with Gasteiger partial charge in [0.15, 0.2) is 0 Å². The highest BCUT2D eigenvalue weighted by atomic mass is 32.2. The van der Waals surface area contributed by atoms with Crippen LogP contribution in [0.5, 0.6) is 5.75 Å². The van der Waals surface area contributed by atoms with Crippen molar-refractivity contribution in [2.45, 2.75) is 25.2 Å². The number of halogens is 3. The first-order valence-corrected chi connectivity index (χ1v) is 11.1. The molecule has 1 aromatic carbocycles. The average molecular weight is 485 g/mol. The lowest BCUT2D eigenvalue weighted by Crippen LogP contribution is -2.39. The summed E-state index contributed by atoms with van der Waals surface area (Å²) in [6.45, 7) is 1.79. The number of hydrogen-bond donors (Lipinski definition) is 2. The molecule has 2 N–H and O–H groups in total. The zero-order valence-corrected chi connectivity index (χ0v) is 18.1. The molecule has 1 spiro atoms. The number of imide groups is 1. The molecule has 14 heteroatoms. The number of nitrogens with zero attached hydrogens (tertiary/aromatic N) is 3. The molecular weight excluding hydrogens is 467 g/mol. The lowest BCUT2D eigenvalue weighted by Gasteiger charge is -2.22. The third kappa shape index (κ3) is 4.06. The van der Waals surface area contributed by atoms with Gasteiger partial charge in [0.1, 0.15) is 17.1 Å². The second-order valence-electron chi connectivity index (χ2n) is 7.54. The first-order valence-electron chi connectivity index (χ1n) is 9.60. The van der Waals surface area contributed by atoms with Gasteiger partial charge in [0.25, 0.3) is 16.1 Å².